The molecule has 1 aromatic heterocycles. The van der Waals surface area contributed by atoms with Crippen molar-refractivity contribution in [1.82, 2.24) is 9.97 Å². The highest BCUT2D eigenvalue weighted by Crippen LogP contribution is 2.07. The normalized spacial score (nSPS) is 12.9. The molecule has 0 aliphatic carbocycles. The van der Waals surface area contributed by atoms with Crippen LogP contribution in [0.25, 0.3) is 12.2 Å². The lowest BCUT2D eigenvalue weighted by Crippen LogP contribution is -2.34. The van der Waals surface area contributed by atoms with E-state index in [9.17, 15) is 0 Å². The first-order valence-electron chi connectivity index (χ1n) is 7.69. The van der Waals surface area contributed by atoms with Gasteiger partial charge in [-0.05, 0) is 24.8 Å². The van der Waals surface area contributed by atoms with Crippen LogP contribution in [0.3, 0.4) is 0 Å². The van der Waals surface area contributed by atoms with Gasteiger partial charge in [-0.25, -0.2) is 9.97 Å². The molecule has 1 aromatic carbocycles. The van der Waals surface area contributed by atoms with Gasteiger partial charge in [0.05, 0.1) is 10.7 Å². The van der Waals surface area contributed by atoms with E-state index in [0.29, 0.717) is 17.6 Å². The summed E-state index contributed by atoms with van der Waals surface area (Å²) in [5.41, 5.74) is 7.29. The monoisotopic (exact) mass is 296 g/mol. The second-order valence-corrected chi connectivity index (χ2v) is 5.59. The molecular weight excluding hydrogens is 272 g/mol. The zero-order valence-corrected chi connectivity index (χ0v) is 13.5. The number of aromatic nitrogens is 2. The average molecular weight is 296 g/mol. The van der Waals surface area contributed by atoms with Crippen LogP contribution in [-0.2, 0) is 6.42 Å². The van der Waals surface area contributed by atoms with E-state index >= 15 is 0 Å². The molecule has 3 N–H and O–H groups in total. The fourth-order valence-electron chi connectivity index (χ4n) is 2.23. The molecule has 0 aliphatic heterocycles. The molecule has 0 saturated heterocycles. The van der Waals surface area contributed by atoms with Crippen LogP contribution in [0.1, 0.15) is 26.3 Å². The summed E-state index contributed by atoms with van der Waals surface area (Å²) in [7, 11) is 0. The van der Waals surface area contributed by atoms with E-state index in [1.54, 1.807) is 0 Å². The Hall–Kier alpha value is -2.36. The van der Waals surface area contributed by atoms with Crippen molar-refractivity contribution in [2.24, 2.45) is 5.92 Å². The molecule has 0 amide bonds. The van der Waals surface area contributed by atoms with Crippen molar-refractivity contribution in [3.05, 3.63) is 46.6 Å². The maximum atomic E-state index is 6.01. The number of nitrogen functional groups attached to an aromatic ring is 1. The molecule has 4 heteroatoms. The lowest BCUT2D eigenvalue weighted by atomic mass is 10.1. The summed E-state index contributed by atoms with van der Waals surface area (Å²) >= 11 is 0. The van der Waals surface area contributed by atoms with E-state index in [-0.39, 0.29) is 0 Å². The van der Waals surface area contributed by atoms with Gasteiger partial charge in [-0.2, -0.15) is 0 Å². The molecule has 22 heavy (non-hydrogen) atoms. The molecule has 0 saturated carbocycles. The third-order valence-electron chi connectivity index (χ3n) is 3.29. The molecule has 0 spiro atoms. The minimum Gasteiger partial charge on any atom is -0.381 e. The Bertz CT molecular complexity index is 721. The zero-order chi connectivity index (χ0) is 15.9. The van der Waals surface area contributed by atoms with Crippen molar-refractivity contribution >= 4 is 23.8 Å². The molecule has 2 rings (SSSR count). The first kappa shape index (κ1) is 16.0. The van der Waals surface area contributed by atoms with Gasteiger partial charge >= 0.3 is 0 Å². The van der Waals surface area contributed by atoms with Gasteiger partial charge in [0.2, 0.25) is 0 Å². The highest BCUT2D eigenvalue weighted by molar-refractivity contribution is 5.56. The number of nitrogens with one attached hydrogen (secondary N) is 1. The van der Waals surface area contributed by atoms with Crippen molar-refractivity contribution in [3.63, 3.8) is 0 Å². The predicted molar refractivity (Wildman–Crippen MR) is 93.8 cm³/mol. The summed E-state index contributed by atoms with van der Waals surface area (Å²) in [6, 6.07) is 10.3. The minimum atomic E-state index is 0.411. The van der Waals surface area contributed by atoms with Crippen LogP contribution in [0, 0.1) is 5.92 Å². The molecule has 2 aromatic rings. The van der Waals surface area contributed by atoms with Crippen molar-refractivity contribution in [1.29, 1.82) is 0 Å². The summed E-state index contributed by atoms with van der Waals surface area (Å²) in [5, 5.41) is 5.01. The summed E-state index contributed by atoms with van der Waals surface area (Å²) in [4.78, 5) is 9.07. The summed E-state index contributed by atoms with van der Waals surface area (Å²) in [6.45, 7) is 6.97. The van der Waals surface area contributed by atoms with Crippen LogP contribution in [0.5, 0.6) is 0 Å². The number of benzene rings is 1. The second-order valence-electron chi connectivity index (χ2n) is 5.59. The Labute approximate surface area is 131 Å². The second kappa shape index (κ2) is 7.59. The van der Waals surface area contributed by atoms with E-state index in [2.05, 4.69) is 47.3 Å². The molecular formula is C18H24N4. The van der Waals surface area contributed by atoms with Crippen LogP contribution < -0.4 is 21.7 Å². The van der Waals surface area contributed by atoms with Gasteiger partial charge in [0.1, 0.15) is 0 Å². The first-order chi connectivity index (χ1) is 10.6. The Balaban J connectivity index is 2.17. The number of rotatable bonds is 5. The number of nitrogens with two attached hydrogens (primary N) is 1. The van der Waals surface area contributed by atoms with E-state index in [0.717, 1.165) is 23.7 Å². The van der Waals surface area contributed by atoms with Gasteiger partial charge in [-0.3, -0.25) is 0 Å². The summed E-state index contributed by atoms with van der Waals surface area (Å²) in [6.07, 6.45) is 4.96. The maximum Gasteiger partial charge on any atom is 0.169 e. The van der Waals surface area contributed by atoms with E-state index < -0.39 is 0 Å². The molecule has 116 valence electrons. The van der Waals surface area contributed by atoms with E-state index in [1.165, 1.54) is 5.56 Å². The topological polar surface area (TPSA) is 63.8 Å². The molecule has 0 atom stereocenters. The quantitative estimate of drug-likeness (QED) is 0.885. The highest BCUT2D eigenvalue weighted by atomic mass is 15.1. The maximum absolute atomic E-state index is 6.01. The largest absolute Gasteiger partial charge is 0.381 e. The van der Waals surface area contributed by atoms with Crippen molar-refractivity contribution in [3.8, 4) is 0 Å². The van der Waals surface area contributed by atoms with Gasteiger partial charge in [0, 0.05) is 6.54 Å². The third-order valence-corrected chi connectivity index (χ3v) is 3.29. The molecule has 4 nitrogen and oxygen atoms in total. The molecule has 0 radical (unpaired) electrons. The summed E-state index contributed by atoms with van der Waals surface area (Å²) in [5.74, 6) is 1.52. The Morgan fingerprint density at radius 3 is 2.50 bits per heavy atom. The number of anilines is 2. The molecule has 0 fully saturated rings. The summed E-state index contributed by atoms with van der Waals surface area (Å²) < 4.78 is 0. The Morgan fingerprint density at radius 2 is 1.86 bits per heavy atom. The third kappa shape index (κ3) is 4.32. The highest BCUT2D eigenvalue weighted by Gasteiger charge is 2.03. The Kier molecular flexibility index (Phi) is 5.53. The van der Waals surface area contributed by atoms with Gasteiger partial charge in [0.15, 0.2) is 11.6 Å². The van der Waals surface area contributed by atoms with Crippen LogP contribution in [0.4, 0.5) is 11.6 Å². The molecule has 0 bridgehead atoms. The Morgan fingerprint density at radius 1 is 1.14 bits per heavy atom. The SMILES string of the molecule is C/C=c1/nc(N)c(NCCc2ccccc2)n/c1=C/C(C)C. The fourth-order valence-corrected chi connectivity index (χ4v) is 2.23. The van der Waals surface area contributed by atoms with E-state index in [1.807, 2.05) is 31.2 Å². The van der Waals surface area contributed by atoms with Crippen LogP contribution >= 0.6 is 0 Å². The predicted octanol–water partition coefficient (Wildman–Crippen LogP) is 1.95. The van der Waals surface area contributed by atoms with E-state index in [4.69, 9.17) is 5.73 Å². The van der Waals surface area contributed by atoms with Crippen molar-refractivity contribution in [2.45, 2.75) is 27.2 Å². The van der Waals surface area contributed by atoms with Crippen LogP contribution in [0.15, 0.2) is 30.3 Å². The van der Waals surface area contributed by atoms with Crippen LogP contribution in [-0.4, -0.2) is 16.5 Å². The minimum absolute atomic E-state index is 0.411. The average Bonchev–Trinajstić information content (AvgIpc) is 2.50. The van der Waals surface area contributed by atoms with Gasteiger partial charge in [-0.1, -0.05) is 56.3 Å². The van der Waals surface area contributed by atoms with Crippen molar-refractivity contribution in [2.75, 3.05) is 17.6 Å². The fraction of sp³-hybridized carbons (Fsp3) is 0.333. The van der Waals surface area contributed by atoms with Gasteiger partial charge in [0.25, 0.3) is 0 Å². The van der Waals surface area contributed by atoms with Gasteiger partial charge in [-0.15, -0.1) is 0 Å². The molecule has 0 aliphatic rings. The smallest absolute Gasteiger partial charge is 0.169 e. The number of nitrogens with zero attached hydrogens (tertiary/aromatic N) is 2. The standard InChI is InChI=1S/C18H24N4/c1-4-15-16(12-13(2)3)22-18(17(19)21-15)20-11-10-14-8-6-5-7-9-14/h4-9,12-13H,10-11H2,1-3H3,(H2,19,21)(H,20,22)/b15-4+,16-12+. The van der Waals surface area contributed by atoms with Gasteiger partial charge < -0.3 is 11.1 Å². The first-order valence-corrected chi connectivity index (χ1v) is 7.69. The lowest BCUT2D eigenvalue weighted by Gasteiger charge is -2.08. The number of hydrogen-bond donors (Lipinski definition) is 2. The van der Waals surface area contributed by atoms with Crippen molar-refractivity contribution < 1.29 is 0 Å². The number of hydrogen-bond acceptors (Lipinski definition) is 4. The lowest BCUT2D eigenvalue weighted by molar-refractivity contribution is 0.871. The molecule has 0 unspecified atom stereocenters. The molecule has 1 heterocycles. The van der Waals surface area contributed by atoms with Crippen LogP contribution in [0.2, 0.25) is 0 Å². The zero-order valence-electron chi connectivity index (χ0n) is 13.5.